The molecule has 3 aromatic heterocycles. The van der Waals surface area contributed by atoms with Gasteiger partial charge in [0.05, 0.1) is 23.5 Å². The molecule has 1 aliphatic rings. The largest absolute Gasteiger partial charge is 0.352 e. The van der Waals surface area contributed by atoms with Gasteiger partial charge in [0.2, 0.25) is 5.95 Å². The lowest BCUT2D eigenvalue weighted by atomic mass is 10.0. The van der Waals surface area contributed by atoms with Crippen LogP contribution in [-0.4, -0.2) is 55.5 Å². The lowest BCUT2D eigenvalue weighted by molar-refractivity contribution is 0.0951. The number of hydrogen-bond acceptors (Lipinski definition) is 7. The van der Waals surface area contributed by atoms with Crippen LogP contribution in [0.15, 0.2) is 36.8 Å². The van der Waals surface area contributed by atoms with E-state index in [1.54, 1.807) is 19.2 Å². The number of anilines is 1. The predicted molar refractivity (Wildman–Crippen MR) is 131 cm³/mol. The summed E-state index contributed by atoms with van der Waals surface area (Å²) < 4.78 is 31.2. The summed E-state index contributed by atoms with van der Waals surface area (Å²) in [5.41, 5.74) is 2.20. The van der Waals surface area contributed by atoms with Crippen molar-refractivity contribution in [3.63, 3.8) is 0 Å². The third-order valence-electron chi connectivity index (χ3n) is 6.49. The zero-order valence-corrected chi connectivity index (χ0v) is 20.1. The summed E-state index contributed by atoms with van der Waals surface area (Å²) >= 11 is 0. The Bertz CT molecular complexity index is 1400. The van der Waals surface area contributed by atoms with Gasteiger partial charge in [-0.2, -0.15) is 0 Å². The van der Waals surface area contributed by atoms with E-state index in [1.165, 1.54) is 12.1 Å². The Morgan fingerprint density at radius 3 is 2.50 bits per heavy atom. The van der Waals surface area contributed by atoms with Crippen molar-refractivity contribution in [3.8, 4) is 11.3 Å². The molecule has 0 spiro atoms. The third-order valence-corrected chi connectivity index (χ3v) is 6.49. The van der Waals surface area contributed by atoms with E-state index >= 15 is 0 Å². The molecule has 11 heteroatoms. The molecule has 9 nitrogen and oxygen atoms in total. The van der Waals surface area contributed by atoms with Crippen molar-refractivity contribution in [1.82, 2.24) is 35.3 Å². The number of nitrogens with one attached hydrogen (secondary N) is 1. The average molecular weight is 493 g/mol. The van der Waals surface area contributed by atoms with Gasteiger partial charge in [0, 0.05) is 37.6 Å². The first-order chi connectivity index (χ1) is 17.5. The van der Waals surface area contributed by atoms with Crippen molar-refractivity contribution >= 4 is 22.9 Å². The number of carbonyl (C=O) groups is 1. The topological polar surface area (TPSA) is 102 Å². The molecule has 1 aromatic carbocycles. The number of carbonyl (C=O) groups excluding carboxylic acids is 1. The highest BCUT2D eigenvalue weighted by Gasteiger charge is 2.25. The predicted octanol–water partition coefficient (Wildman–Crippen LogP) is 3.72. The van der Waals surface area contributed by atoms with E-state index in [4.69, 9.17) is 0 Å². The molecule has 0 atom stereocenters. The molecule has 0 saturated carbocycles. The zero-order chi connectivity index (χ0) is 25.2. The van der Waals surface area contributed by atoms with Gasteiger partial charge in [0.25, 0.3) is 5.91 Å². The standard InChI is InChI=1S/C25H26F2N8O/c1-3-15-12-30-25(31-13-15)34-9-7-16(8-10-34)35-21-14-29-19(11-20(21)32-33-35)17-5-6-18(23(27)22(17)26)24(36)28-4-2/h5-6,11-14,16H,3-4,7-10H2,1-2H3,(H,28,36). The van der Waals surface area contributed by atoms with Gasteiger partial charge in [-0.25, -0.2) is 23.4 Å². The number of hydrogen-bond donors (Lipinski definition) is 1. The SMILES string of the molecule is CCNC(=O)c1ccc(-c2cc3nnn(C4CCN(c5ncc(CC)cn5)CC4)c3cn2)c(F)c1F. The van der Waals surface area contributed by atoms with Crippen molar-refractivity contribution in [2.45, 2.75) is 39.2 Å². The zero-order valence-electron chi connectivity index (χ0n) is 20.1. The van der Waals surface area contributed by atoms with E-state index in [-0.39, 0.29) is 22.9 Å². The summed E-state index contributed by atoms with van der Waals surface area (Å²) in [6, 6.07) is 4.32. The first-order valence-corrected chi connectivity index (χ1v) is 12.0. The second-order valence-electron chi connectivity index (χ2n) is 8.70. The molecule has 5 rings (SSSR count). The Balaban J connectivity index is 1.34. The Hall–Kier alpha value is -4.02. The molecule has 4 aromatic rings. The summed E-state index contributed by atoms with van der Waals surface area (Å²) in [6.45, 7) is 5.66. The smallest absolute Gasteiger partial charge is 0.254 e. The van der Waals surface area contributed by atoms with Crippen LogP contribution in [0.5, 0.6) is 0 Å². The van der Waals surface area contributed by atoms with Crippen LogP contribution in [0.1, 0.15) is 48.7 Å². The minimum atomic E-state index is -1.20. The van der Waals surface area contributed by atoms with Gasteiger partial charge in [-0.1, -0.05) is 12.1 Å². The fourth-order valence-corrected chi connectivity index (χ4v) is 4.44. The Labute approximate surface area is 206 Å². The van der Waals surface area contributed by atoms with Gasteiger partial charge in [-0.15, -0.1) is 5.10 Å². The maximum atomic E-state index is 14.8. The third kappa shape index (κ3) is 4.36. The highest BCUT2D eigenvalue weighted by molar-refractivity contribution is 5.95. The van der Waals surface area contributed by atoms with Crippen molar-refractivity contribution in [2.75, 3.05) is 24.5 Å². The minimum absolute atomic E-state index is 0.0422. The molecule has 0 radical (unpaired) electrons. The molecular weight excluding hydrogens is 466 g/mol. The van der Waals surface area contributed by atoms with E-state index in [0.29, 0.717) is 12.1 Å². The quantitative estimate of drug-likeness (QED) is 0.438. The van der Waals surface area contributed by atoms with Gasteiger partial charge in [-0.05, 0) is 49.9 Å². The molecule has 1 N–H and O–H groups in total. The van der Waals surface area contributed by atoms with Crippen LogP contribution in [0.3, 0.4) is 0 Å². The summed E-state index contributed by atoms with van der Waals surface area (Å²) in [6.07, 6.45) is 7.88. The summed E-state index contributed by atoms with van der Waals surface area (Å²) in [4.78, 5) is 27.4. The van der Waals surface area contributed by atoms with E-state index < -0.39 is 17.5 Å². The fourth-order valence-electron chi connectivity index (χ4n) is 4.44. The Morgan fingerprint density at radius 2 is 1.81 bits per heavy atom. The molecule has 0 bridgehead atoms. The number of fused-ring (bicyclic) bond motifs is 1. The molecule has 1 saturated heterocycles. The van der Waals surface area contributed by atoms with Gasteiger partial charge in [0.1, 0.15) is 11.0 Å². The molecule has 1 fully saturated rings. The number of aryl methyl sites for hydroxylation is 1. The number of amides is 1. The second kappa shape index (κ2) is 9.92. The molecule has 36 heavy (non-hydrogen) atoms. The number of rotatable bonds is 6. The van der Waals surface area contributed by atoms with Gasteiger partial charge in [0.15, 0.2) is 11.6 Å². The van der Waals surface area contributed by atoms with E-state index in [9.17, 15) is 13.6 Å². The lowest BCUT2D eigenvalue weighted by Crippen LogP contribution is -2.36. The van der Waals surface area contributed by atoms with Gasteiger partial charge < -0.3 is 10.2 Å². The van der Waals surface area contributed by atoms with Crippen molar-refractivity contribution in [3.05, 3.63) is 59.6 Å². The fraction of sp³-hybridized carbons (Fsp3) is 0.360. The molecule has 1 amide bonds. The molecule has 0 aliphatic carbocycles. The molecule has 186 valence electrons. The summed E-state index contributed by atoms with van der Waals surface area (Å²) in [7, 11) is 0. The number of nitrogens with zero attached hydrogens (tertiary/aromatic N) is 7. The van der Waals surface area contributed by atoms with Crippen molar-refractivity contribution < 1.29 is 13.6 Å². The van der Waals surface area contributed by atoms with E-state index in [1.807, 2.05) is 17.1 Å². The molecule has 1 aliphatic heterocycles. The second-order valence-corrected chi connectivity index (χ2v) is 8.70. The van der Waals surface area contributed by atoms with Crippen LogP contribution >= 0.6 is 0 Å². The maximum absolute atomic E-state index is 14.8. The normalized spacial score (nSPS) is 14.4. The van der Waals surface area contributed by atoms with Crippen LogP contribution in [0.4, 0.5) is 14.7 Å². The average Bonchev–Trinajstić information content (AvgIpc) is 3.34. The first kappa shape index (κ1) is 23.7. The van der Waals surface area contributed by atoms with Crippen LogP contribution in [0.2, 0.25) is 0 Å². The minimum Gasteiger partial charge on any atom is -0.352 e. The number of aromatic nitrogens is 6. The van der Waals surface area contributed by atoms with Crippen LogP contribution in [0.25, 0.3) is 22.3 Å². The van der Waals surface area contributed by atoms with Crippen LogP contribution < -0.4 is 10.2 Å². The number of benzene rings is 1. The first-order valence-electron chi connectivity index (χ1n) is 12.0. The highest BCUT2D eigenvalue weighted by Crippen LogP contribution is 2.30. The Morgan fingerprint density at radius 1 is 1.06 bits per heavy atom. The lowest BCUT2D eigenvalue weighted by Gasteiger charge is -2.32. The Kier molecular flexibility index (Phi) is 6.53. The molecule has 4 heterocycles. The monoisotopic (exact) mass is 492 g/mol. The maximum Gasteiger partial charge on any atom is 0.254 e. The van der Waals surface area contributed by atoms with E-state index in [2.05, 4.69) is 42.4 Å². The number of piperidine rings is 1. The summed E-state index contributed by atoms with van der Waals surface area (Å²) in [5, 5.41) is 11.1. The number of halogens is 2. The van der Waals surface area contributed by atoms with Crippen molar-refractivity contribution in [1.29, 1.82) is 0 Å². The molecule has 0 unspecified atom stereocenters. The summed E-state index contributed by atoms with van der Waals surface area (Å²) in [5.74, 6) is -2.26. The van der Waals surface area contributed by atoms with Crippen LogP contribution in [-0.2, 0) is 6.42 Å². The van der Waals surface area contributed by atoms with Crippen molar-refractivity contribution in [2.24, 2.45) is 0 Å². The van der Waals surface area contributed by atoms with Gasteiger partial charge in [-0.3, -0.25) is 9.78 Å². The van der Waals surface area contributed by atoms with E-state index in [0.717, 1.165) is 49.4 Å². The number of pyridine rings is 1. The van der Waals surface area contributed by atoms with Gasteiger partial charge >= 0.3 is 0 Å². The van der Waals surface area contributed by atoms with Crippen LogP contribution in [0, 0.1) is 11.6 Å². The molecular formula is C25H26F2N8O. The highest BCUT2D eigenvalue weighted by atomic mass is 19.2.